The summed E-state index contributed by atoms with van der Waals surface area (Å²) in [6.45, 7) is 7.64. The van der Waals surface area contributed by atoms with Gasteiger partial charge >= 0.3 is 7.12 Å². The van der Waals surface area contributed by atoms with Crippen LogP contribution >= 0.6 is 0 Å². The van der Waals surface area contributed by atoms with Gasteiger partial charge in [0.2, 0.25) is 0 Å². The van der Waals surface area contributed by atoms with Crippen LogP contribution in [0.3, 0.4) is 0 Å². The lowest BCUT2D eigenvalue weighted by Gasteiger charge is -2.20. The van der Waals surface area contributed by atoms with Crippen molar-refractivity contribution in [3.05, 3.63) is 17.8 Å². The van der Waals surface area contributed by atoms with Crippen LogP contribution in [0.15, 0.2) is 12.3 Å². The molecular weight excluding hydrogens is 229 g/mol. The molecule has 5 nitrogen and oxygen atoms in total. The van der Waals surface area contributed by atoms with Crippen molar-refractivity contribution >= 4 is 18.4 Å². The van der Waals surface area contributed by atoms with E-state index in [9.17, 15) is 0 Å². The number of nitrogen functional groups attached to an aromatic ring is 1. The van der Waals surface area contributed by atoms with E-state index in [0.717, 1.165) is 0 Å². The number of aromatic nitrogens is 1. The summed E-state index contributed by atoms with van der Waals surface area (Å²) in [7, 11) is -0.604. The normalized spacial score (nSPS) is 10.7. The molecule has 0 fully saturated rings. The summed E-state index contributed by atoms with van der Waals surface area (Å²) in [5.74, 6) is 0.308. The summed E-state index contributed by atoms with van der Waals surface area (Å²) in [4.78, 5) is 3.99. The SMILES string of the molecule is CC(C)OB(OC(C)C)c1cnc(N)cc1C#N. The lowest BCUT2D eigenvalue weighted by molar-refractivity contribution is 0.139. The van der Waals surface area contributed by atoms with E-state index in [2.05, 4.69) is 11.1 Å². The van der Waals surface area contributed by atoms with E-state index in [4.69, 9.17) is 20.3 Å². The van der Waals surface area contributed by atoms with E-state index in [1.807, 2.05) is 27.7 Å². The Kier molecular flexibility index (Phi) is 5.14. The maximum absolute atomic E-state index is 9.12. The van der Waals surface area contributed by atoms with Crippen LogP contribution < -0.4 is 11.2 Å². The summed E-state index contributed by atoms with van der Waals surface area (Å²) in [5.41, 5.74) is 6.59. The Labute approximate surface area is 108 Å². The molecule has 1 rings (SSSR count). The van der Waals surface area contributed by atoms with Gasteiger partial charge in [0.25, 0.3) is 0 Å². The zero-order valence-corrected chi connectivity index (χ0v) is 11.2. The van der Waals surface area contributed by atoms with Crippen molar-refractivity contribution in [3.63, 3.8) is 0 Å². The van der Waals surface area contributed by atoms with Crippen LogP contribution in [0.25, 0.3) is 0 Å². The second-order valence-electron chi connectivity index (χ2n) is 4.51. The number of pyridine rings is 1. The average molecular weight is 247 g/mol. The van der Waals surface area contributed by atoms with Gasteiger partial charge in [-0.25, -0.2) is 4.98 Å². The molecule has 1 aromatic rings. The molecule has 0 aromatic carbocycles. The Bertz CT molecular complexity index is 433. The molecule has 0 aliphatic rings. The van der Waals surface area contributed by atoms with E-state index in [1.165, 1.54) is 12.3 Å². The Hall–Kier alpha value is -1.58. The second-order valence-corrected chi connectivity index (χ2v) is 4.51. The zero-order valence-electron chi connectivity index (χ0n) is 11.2. The minimum absolute atomic E-state index is 0.0159. The van der Waals surface area contributed by atoms with E-state index in [-0.39, 0.29) is 12.2 Å². The molecule has 0 unspecified atom stereocenters. The first-order valence-electron chi connectivity index (χ1n) is 5.90. The Balaban J connectivity index is 3.08. The first kappa shape index (κ1) is 14.5. The van der Waals surface area contributed by atoms with Gasteiger partial charge < -0.3 is 15.0 Å². The van der Waals surface area contributed by atoms with E-state index < -0.39 is 7.12 Å². The van der Waals surface area contributed by atoms with Crippen molar-refractivity contribution in [2.24, 2.45) is 0 Å². The predicted octanol–water partition coefficient (Wildman–Crippen LogP) is 1.08. The first-order valence-corrected chi connectivity index (χ1v) is 5.90. The minimum Gasteiger partial charge on any atom is -0.405 e. The number of hydrogen-bond acceptors (Lipinski definition) is 5. The third kappa shape index (κ3) is 4.02. The molecule has 2 N–H and O–H groups in total. The number of nitrogens with zero attached hydrogens (tertiary/aromatic N) is 2. The highest BCUT2D eigenvalue weighted by Crippen LogP contribution is 2.06. The lowest BCUT2D eigenvalue weighted by Crippen LogP contribution is -2.42. The van der Waals surface area contributed by atoms with Crippen LogP contribution in [-0.2, 0) is 9.31 Å². The van der Waals surface area contributed by atoms with Crippen molar-refractivity contribution < 1.29 is 9.31 Å². The average Bonchev–Trinajstić information content (AvgIpc) is 2.26. The third-order valence-electron chi connectivity index (χ3n) is 2.12. The molecule has 0 bridgehead atoms. The molecular formula is C12H18BN3O2. The van der Waals surface area contributed by atoms with Gasteiger partial charge in [0.1, 0.15) is 5.82 Å². The van der Waals surface area contributed by atoms with Crippen LogP contribution in [0.2, 0.25) is 0 Å². The highest BCUT2D eigenvalue weighted by Gasteiger charge is 2.27. The number of nitrogens with two attached hydrogens (primary N) is 1. The fourth-order valence-electron chi connectivity index (χ4n) is 1.44. The smallest absolute Gasteiger partial charge is 0.405 e. The van der Waals surface area contributed by atoms with Gasteiger partial charge in [0.15, 0.2) is 0 Å². The highest BCUT2D eigenvalue weighted by atomic mass is 16.6. The summed E-state index contributed by atoms with van der Waals surface area (Å²) in [6, 6.07) is 3.61. The van der Waals surface area contributed by atoms with Crippen LogP contribution in [0, 0.1) is 11.3 Å². The molecule has 0 atom stereocenters. The molecule has 0 aliphatic heterocycles. The zero-order chi connectivity index (χ0) is 13.7. The molecule has 1 aromatic heterocycles. The summed E-state index contributed by atoms with van der Waals surface area (Å²) >= 11 is 0. The number of hydrogen-bond donors (Lipinski definition) is 1. The predicted molar refractivity (Wildman–Crippen MR) is 71.2 cm³/mol. The van der Waals surface area contributed by atoms with Crippen molar-refractivity contribution in [2.75, 3.05) is 5.73 Å². The topological polar surface area (TPSA) is 81.2 Å². The fourth-order valence-corrected chi connectivity index (χ4v) is 1.44. The van der Waals surface area contributed by atoms with Crippen molar-refractivity contribution in [1.82, 2.24) is 4.98 Å². The Morgan fingerprint density at radius 1 is 1.28 bits per heavy atom. The fraction of sp³-hybridized carbons (Fsp3) is 0.500. The maximum atomic E-state index is 9.12. The Morgan fingerprint density at radius 2 is 1.83 bits per heavy atom. The molecule has 1 heterocycles. The van der Waals surface area contributed by atoms with Crippen molar-refractivity contribution in [2.45, 2.75) is 39.9 Å². The third-order valence-corrected chi connectivity index (χ3v) is 2.12. The van der Waals surface area contributed by atoms with Gasteiger partial charge in [0, 0.05) is 23.9 Å². The molecule has 0 saturated heterocycles. The first-order chi connectivity index (χ1) is 8.43. The quantitative estimate of drug-likeness (QED) is 0.787. The maximum Gasteiger partial charge on any atom is 0.497 e. The second kappa shape index (κ2) is 6.38. The van der Waals surface area contributed by atoms with Crippen LogP contribution in [0.4, 0.5) is 5.82 Å². The van der Waals surface area contributed by atoms with Crippen molar-refractivity contribution in [3.8, 4) is 6.07 Å². The number of anilines is 1. The standard InChI is InChI=1S/C12H18BN3O2/c1-8(2)17-13(18-9(3)4)11-7-16-12(15)5-10(11)6-14/h5,7-9H,1-4H3,(H2,15,16). The summed E-state index contributed by atoms with van der Waals surface area (Å²) in [5, 5.41) is 9.12. The number of rotatable bonds is 5. The molecule has 18 heavy (non-hydrogen) atoms. The van der Waals surface area contributed by atoms with Crippen LogP contribution in [0.5, 0.6) is 0 Å². The molecule has 0 spiro atoms. The van der Waals surface area contributed by atoms with Crippen LogP contribution in [0.1, 0.15) is 33.3 Å². The van der Waals surface area contributed by atoms with Gasteiger partial charge in [-0.1, -0.05) is 0 Å². The summed E-state index contributed by atoms with van der Waals surface area (Å²) in [6.07, 6.45) is 1.50. The molecule has 0 amide bonds. The molecule has 0 saturated carbocycles. The molecule has 96 valence electrons. The van der Waals surface area contributed by atoms with E-state index >= 15 is 0 Å². The van der Waals surface area contributed by atoms with E-state index in [1.54, 1.807) is 0 Å². The molecule has 6 heteroatoms. The van der Waals surface area contributed by atoms with Crippen LogP contribution in [-0.4, -0.2) is 24.3 Å². The minimum atomic E-state index is -0.604. The monoisotopic (exact) mass is 247 g/mol. The highest BCUT2D eigenvalue weighted by molar-refractivity contribution is 6.62. The van der Waals surface area contributed by atoms with Gasteiger partial charge in [-0.15, -0.1) is 0 Å². The summed E-state index contributed by atoms with van der Waals surface area (Å²) < 4.78 is 11.4. The Morgan fingerprint density at radius 3 is 2.28 bits per heavy atom. The molecule has 0 aliphatic carbocycles. The number of nitriles is 1. The van der Waals surface area contributed by atoms with Gasteiger partial charge in [-0.05, 0) is 33.8 Å². The largest absolute Gasteiger partial charge is 0.497 e. The lowest BCUT2D eigenvalue weighted by atomic mass is 9.76. The van der Waals surface area contributed by atoms with Gasteiger partial charge in [0.05, 0.1) is 11.6 Å². The van der Waals surface area contributed by atoms with E-state index in [0.29, 0.717) is 16.8 Å². The molecule has 0 radical (unpaired) electrons. The van der Waals surface area contributed by atoms with Crippen molar-refractivity contribution in [1.29, 1.82) is 5.26 Å². The van der Waals surface area contributed by atoms with Gasteiger partial charge in [-0.2, -0.15) is 5.26 Å². The van der Waals surface area contributed by atoms with Gasteiger partial charge in [-0.3, -0.25) is 0 Å².